The highest BCUT2D eigenvalue weighted by Gasteiger charge is 2.34. The number of carbonyl (C=O) groups is 3. The summed E-state index contributed by atoms with van der Waals surface area (Å²) >= 11 is 0.906. The van der Waals surface area contributed by atoms with E-state index in [1.165, 1.54) is 6.08 Å². The number of benzene rings is 2. The highest BCUT2D eigenvalue weighted by Crippen LogP contribution is 2.31. The Morgan fingerprint density at radius 1 is 1.10 bits per heavy atom. The van der Waals surface area contributed by atoms with E-state index in [4.69, 9.17) is 4.74 Å². The zero-order valence-corrected chi connectivity index (χ0v) is 16.6. The van der Waals surface area contributed by atoms with E-state index in [2.05, 4.69) is 5.32 Å². The maximum absolute atomic E-state index is 12.4. The highest BCUT2D eigenvalue weighted by molar-refractivity contribution is 8.18. The van der Waals surface area contributed by atoms with Gasteiger partial charge >= 0.3 is 0 Å². The summed E-state index contributed by atoms with van der Waals surface area (Å²) in [4.78, 5) is 38.1. The van der Waals surface area contributed by atoms with Crippen LogP contribution in [0.15, 0.2) is 65.6 Å². The number of thioether (sulfide) groups is 1. The molecule has 0 bridgehead atoms. The van der Waals surface area contributed by atoms with E-state index in [1.54, 1.807) is 19.3 Å². The summed E-state index contributed by atoms with van der Waals surface area (Å²) in [7, 11) is 1.58. The molecule has 0 radical (unpaired) electrons. The molecule has 1 saturated heterocycles. The maximum atomic E-state index is 12.4. The first kappa shape index (κ1) is 20.4. The van der Waals surface area contributed by atoms with Crippen LogP contribution in [0.5, 0.6) is 5.75 Å². The van der Waals surface area contributed by atoms with Crippen molar-refractivity contribution in [2.75, 3.05) is 20.2 Å². The molecule has 2 aromatic carbocycles. The second-order valence-electron chi connectivity index (χ2n) is 6.15. The van der Waals surface area contributed by atoms with Crippen molar-refractivity contribution in [3.63, 3.8) is 0 Å². The third-order valence-corrected chi connectivity index (χ3v) is 5.03. The topological polar surface area (TPSA) is 75.7 Å². The van der Waals surface area contributed by atoms with Gasteiger partial charge in [0.15, 0.2) is 0 Å². The first-order valence-electron chi connectivity index (χ1n) is 8.97. The first-order chi connectivity index (χ1) is 14.1. The van der Waals surface area contributed by atoms with E-state index in [0.29, 0.717) is 10.7 Å². The number of hydrogen-bond donors (Lipinski definition) is 1. The molecule has 3 rings (SSSR count). The molecule has 0 aliphatic carbocycles. The van der Waals surface area contributed by atoms with Gasteiger partial charge in [-0.3, -0.25) is 19.3 Å². The second kappa shape index (κ2) is 9.75. The summed E-state index contributed by atoms with van der Waals surface area (Å²) in [5.74, 6) is 0.0557. The number of methoxy groups -OCH3 is 1. The zero-order valence-electron chi connectivity index (χ0n) is 15.8. The number of carbonyl (C=O) groups excluding carboxylic acids is 3. The van der Waals surface area contributed by atoms with Gasteiger partial charge in [0.25, 0.3) is 11.1 Å². The van der Waals surface area contributed by atoms with E-state index in [-0.39, 0.29) is 30.1 Å². The molecule has 1 heterocycles. The van der Waals surface area contributed by atoms with E-state index >= 15 is 0 Å². The number of hydrogen-bond acceptors (Lipinski definition) is 5. The molecule has 0 atom stereocenters. The Morgan fingerprint density at radius 2 is 1.86 bits per heavy atom. The first-order valence-corrected chi connectivity index (χ1v) is 9.79. The second-order valence-corrected chi connectivity index (χ2v) is 7.14. The van der Waals surface area contributed by atoms with Crippen LogP contribution in [0.1, 0.15) is 11.1 Å². The number of amides is 3. The molecule has 3 amide bonds. The monoisotopic (exact) mass is 408 g/mol. The molecule has 7 heteroatoms. The third kappa shape index (κ3) is 5.58. The smallest absolute Gasteiger partial charge is 0.293 e. The zero-order chi connectivity index (χ0) is 20.6. The predicted octanol–water partition coefficient (Wildman–Crippen LogP) is 3.56. The average molecular weight is 408 g/mol. The van der Waals surface area contributed by atoms with Crippen molar-refractivity contribution in [3.05, 3.63) is 76.7 Å². The van der Waals surface area contributed by atoms with Crippen molar-refractivity contribution < 1.29 is 19.1 Å². The van der Waals surface area contributed by atoms with Crippen LogP contribution in [-0.4, -0.2) is 42.2 Å². The van der Waals surface area contributed by atoms with Gasteiger partial charge in [-0.05, 0) is 47.2 Å². The molecule has 0 spiro atoms. The van der Waals surface area contributed by atoms with E-state index in [9.17, 15) is 14.4 Å². The minimum absolute atomic E-state index is 0.121. The van der Waals surface area contributed by atoms with Crippen molar-refractivity contribution in [1.29, 1.82) is 0 Å². The summed E-state index contributed by atoms with van der Waals surface area (Å²) in [5.41, 5.74) is 1.69. The standard InChI is InChI=1S/C22H20N2O4S/c1-28-18-9-5-8-17(14-18)10-11-20(25)23-12-13-24-21(26)19(29-22(24)27)15-16-6-3-2-4-7-16/h2-11,14-15H,12-13H2,1H3,(H,23,25). The van der Waals surface area contributed by atoms with Gasteiger partial charge in [-0.2, -0.15) is 0 Å². The van der Waals surface area contributed by atoms with Crippen molar-refractivity contribution in [2.24, 2.45) is 0 Å². The number of nitrogens with zero attached hydrogens (tertiary/aromatic N) is 1. The minimum atomic E-state index is -0.343. The number of rotatable bonds is 7. The van der Waals surface area contributed by atoms with Gasteiger partial charge in [-0.25, -0.2) is 0 Å². The fourth-order valence-corrected chi connectivity index (χ4v) is 3.53. The summed E-state index contributed by atoms with van der Waals surface area (Å²) in [6.45, 7) is 0.299. The van der Waals surface area contributed by atoms with Crippen LogP contribution in [0.25, 0.3) is 12.2 Å². The third-order valence-electron chi connectivity index (χ3n) is 4.13. The molecule has 148 valence electrons. The fourth-order valence-electron chi connectivity index (χ4n) is 2.66. The van der Waals surface area contributed by atoms with Gasteiger partial charge in [0, 0.05) is 19.2 Å². The van der Waals surface area contributed by atoms with Gasteiger partial charge in [-0.15, -0.1) is 0 Å². The molecule has 1 aliphatic rings. The van der Waals surface area contributed by atoms with Crippen LogP contribution in [0.2, 0.25) is 0 Å². The molecule has 6 nitrogen and oxygen atoms in total. The average Bonchev–Trinajstić information content (AvgIpc) is 3.00. The molecule has 0 unspecified atom stereocenters. The van der Waals surface area contributed by atoms with E-state index in [1.807, 2.05) is 54.6 Å². The molecule has 1 aliphatic heterocycles. The van der Waals surface area contributed by atoms with E-state index in [0.717, 1.165) is 27.8 Å². The fraction of sp³-hybridized carbons (Fsp3) is 0.136. The Hall–Kier alpha value is -3.32. The molecule has 29 heavy (non-hydrogen) atoms. The number of imide groups is 1. The Balaban J connectivity index is 1.51. The Morgan fingerprint density at radius 3 is 2.62 bits per heavy atom. The van der Waals surface area contributed by atoms with Crippen molar-refractivity contribution in [3.8, 4) is 5.75 Å². The molecular weight excluding hydrogens is 388 g/mol. The molecule has 2 aromatic rings. The lowest BCUT2D eigenvalue weighted by molar-refractivity contribution is -0.123. The van der Waals surface area contributed by atoms with Gasteiger partial charge < -0.3 is 10.1 Å². The lowest BCUT2D eigenvalue weighted by Crippen LogP contribution is -2.36. The minimum Gasteiger partial charge on any atom is -0.497 e. The van der Waals surface area contributed by atoms with Crippen LogP contribution >= 0.6 is 11.8 Å². The van der Waals surface area contributed by atoms with Crippen LogP contribution < -0.4 is 10.1 Å². The largest absolute Gasteiger partial charge is 0.497 e. The molecule has 0 saturated carbocycles. The summed E-state index contributed by atoms with van der Waals surface area (Å²) in [5, 5.41) is 2.35. The summed E-state index contributed by atoms with van der Waals surface area (Å²) in [6.07, 6.45) is 4.76. The SMILES string of the molecule is COc1cccc(C=CC(=O)NCCN2C(=O)SC(=Cc3ccccc3)C2=O)c1. The molecular formula is C22H20N2O4S. The lowest BCUT2D eigenvalue weighted by atomic mass is 10.2. The van der Waals surface area contributed by atoms with Crippen LogP contribution in [0.4, 0.5) is 4.79 Å². The Labute approximate surface area is 173 Å². The normalized spacial score (nSPS) is 15.3. The highest BCUT2D eigenvalue weighted by atomic mass is 32.2. The summed E-state index contributed by atoms with van der Waals surface area (Å²) < 4.78 is 5.14. The van der Waals surface area contributed by atoms with Crippen LogP contribution in [0.3, 0.4) is 0 Å². The lowest BCUT2D eigenvalue weighted by Gasteiger charge is -2.12. The van der Waals surface area contributed by atoms with Gasteiger partial charge in [0.2, 0.25) is 5.91 Å². The van der Waals surface area contributed by atoms with E-state index < -0.39 is 0 Å². The molecule has 1 N–H and O–H groups in total. The van der Waals surface area contributed by atoms with Crippen LogP contribution in [-0.2, 0) is 9.59 Å². The van der Waals surface area contributed by atoms with Gasteiger partial charge in [0.05, 0.1) is 12.0 Å². The predicted molar refractivity (Wildman–Crippen MR) is 114 cm³/mol. The molecule has 0 aromatic heterocycles. The quantitative estimate of drug-likeness (QED) is 0.709. The Kier molecular flexibility index (Phi) is 6.86. The van der Waals surface area contributed by atoms with Gasteiger partial charge in [-0.1, -0.05) is 42.5 Å². The maximum Gasteiger partial charge on any atom is 0.293 e. The number of nitrogens with one attached hydrogen (secondary N) is 1. The van der Waals surface area contributed by atoms with Gasteiger partial charge in [0.1, 0.15) is 5.75 Å². The number of ether oxygens (including phenoxy) is 1. The van der Waals surface area contributed by atoms with Crippen molar-refractivity contribution in [1.82, 2.24) is 10.2 Å². The molecule has 1 fully saturated rings. The van der Waals surface area contributed by atoms with Crippen molar-refractivity contribution >= 4 is 41.0 Å². The van der Waals surface area contributed by atoms with Crippen molar-refractivity contribution in [2.45, 2.75) is 0 Å². The Bertz CT molecular complexity index is 970. The van der Waals surface area contributed by atoms with Crippen LogP contribution in [0, 0.1) is 0 Å². The summed E-state index contributed by atoms with van der Waals surface area (Å²) in [6, 6.07) is 16.7.